The van der Waals surface area contributed by atoms with E-state index in [1.807, 2.05) is 30.3 Å². The van der Waals surface area contributed by atoms with Crippen LogP contribution in [0.1, 0.15) is 5.56 Å². The normalized spacial score (nSPS) is 10.8. The number of carbonyl (C=O) groups excluding carboxylic acids is 1. The van der Waals surface area contributed by atoms with Crippen LogP contribution in [0.2, 0.25) is 0 Å². The van der Waals surface area contributed by atoms with Crippen LogP contribution in [0, 0.1) is 0 Å². The Balaban J connectivity index is 1.66. The number of carboxylic acid groups (broad SMARTS) is 1. The number of para-hydroxylation sites is 1. The number of fused-ring (bicyclic) bond motifs is 1. The number of aromatic nitrogens is 1. The molecule has 1 heterocycles. The molecule has 0 aliphatic heterocycles. The molecule has 0 radical (unpaired) electrons. The first-order chi connectivity index (χ1) is 11.7. The van der Waals surface area contributed by atoms with Crippen LogP contribution in [0.15, 0.2) is 65.9 Å². The fourth-order valence-electron chi connectivity index (χ4n) is 2.16. The number of rotatable bonds is 6. The lowest BCUT2D eigenvalue weighted by molar-refractivity contribution is -0.307. The van der Waals surface area contributed by atoms with E-state index in [-0.39, 0.29) is 0 Å². The van der Waals surface area contributed by atoms with Crippen molar-refractivity contribution in [3.63, 3.8) is 0 Å². The predicted molar refractivity (Wildman–Crippen MR) is 89.9 cm³/mol. The molecule has 0 spiro atoms. The number of ether oxygens (including phenoxy) is 1. The fraction of sp³-hybridized carbons (Fsp3) is 0.0556. The third kappa shape index (κ3) is 3.86. The van der Waals surface area contributed by atoms with Crippen molar-refractivity contribution in [3.8, 4) is 5.75 Å². The van der Waals surface area contributed by atoms with E-state index in [2.05, 4.69) is 15.5 Å². The van der Waals surface area contributed by atoms with Crippen molar-refractivity contribution in [2.24, 2.45) is 5.10 Å². The number of benzene rings is 2. The monoisotopic (exact) mass is 320 g/mol. The van der Waals surface area contributed by atoms with Gasteiger partial charge in [0.2, 0.25) is 0 Å². The van der Waals surface area contributed by atoms with Gasteiger partial charge in [0, 0.05) is 11.6 Å². The van der Waals surface area contributed by atoms with Gasteiger partial charge in [0.05, 0.1) is 23.4 Å². The van der Waals surface area contributed by atoms with Crippen molar-refractivity contribution in [2.75, 3.05) is 12.0 Å². The zero-order chi connectivity index (χ0) is 16.8. The van der Waals surface area contributed by atoms with Crippen LogP contribution in [0.4, 0.5) is 5.69 Å². The number of aliphatic carboxylic acids is 1. The Morgan fingerprint density at radius 1 is 1.17 bits per heavy atom. The summed E-state index contributed by atoms with van der Waals surface area (Å²) >= 11 is 0. The smallest absolute Gasteiger partial charge is 0.128 e. The van der Waals surface area contributed by atoms with Crippen LogP contribution in [-0.2, 0) is 4.79 Å². The highest BCUT2D eigenvalue weighted by Gasteiger charge is 1.99. The van der Waals surface area contributed by atoms with E-state index in [4.69, 9.17) is 4.74 Å². The molecule has 0 aliphatic rings. The second-order valence-electron chi connectivity index (χ2n) is 4.98. The molecule has 0 unspecified atom stereocenters. The molecule has 0 saturated heterocycles. The SMILES string of the molecule is O=C([O-])COc1ccc(/C=N\Nc2cccc3cccnc23)cc1. The van der Waals surface area contributed by atoms with Gasteiger partial charge in [0.1, 0.15) is 12.4 Å². The molecule has 1 N–H and O–H groups in total. The van der Waals surface area contributed by atoms with Crippen molar-refractivity contribution >= 4 is 28.8 Å². The highest BCUT2D eigenvalue weighted by Crippen LogP contribution is 2.20. The van der Waals surface area contributed by atoms with Gasteiger partial charge in [-0.1, -0.05) is 18.2 Å². The number of nitrogens with one attached hydrogen (secondary N) is 1. The van der Waals surface area contributed by atoms with Gasteiger partial charge in [-0.25, -0.2) is 0 Å². The van der Waals surface area contributed by atoms with E-state index in [1.165, 1.54) is 0 Å². The molecule has 0 aliphatic carbocycles. The number of carbonyl (C=O) groups is 1. The highest BCUT2D eigenvalue weighted by molar-refractivity contribution is 5.90. The average molecular weight is 320 g/mol. The Bertz CT molecular complexity index is 871. The Kier molecular flexibility index (Phi) is 4.67. The zero-order valence-electron chi connectivity index (χ0n) is 12.7. The Morgan fingerprint density at radius 2 is 1.96 bits per heavy atom. The number of hydrogen-bond acceptors (Lipinski definition) is 6. The lowest BCUT2D eigenvalue weighted by atomic mass is 10.2. The van der Waals surface area contributed by atoms with Crippen molar-refractivity contribution in [3.05, 3.63) is 66.4 Å². The maximum atomic E-state index is 10.3. The van der Waals surface area contributed by atoms with E-state index < -0.39 is 12.6 Å². The van der Waals surface area contributed by atoms with Gasteiger partial charge in [0.25, 0.3) is 0 Å². The average Bonchev–Trinajstić information content (AvgIpc) is 2.61. The molecule has 0 atom stereocenters. The number of nitrogens with zero attached hydrogens (tertiary/aromatic N) is 2. The zero-order valence-corrected chi connectivity index (χ0v) is 12.7. The van der Waals surface area contributed by atoms with Crippen LogP contribution >= 0.6 is 0 Å². The topological polar surface area (TPSA) is 86.6 Å². The molecule has 3 aromatic rings. The van der Waals surface area contributed by atoms with Gasteiger partial charge in [-0.15, -0.1) is 0 Å². The van der Waals surface area contributed by atoms with Crippen molar-refractivity contribution in [1.82, 2.24) is 4.98 Å². The first-order valence-corrected chi connectivity index (χ1v) is 7.28. The van der Waals surface area contributed by atoms with Crippen molar-refractivity contribution < 1.29 is 14.6 Å². The Labute approximate surface area is 138 Å². The van der Waals surface area contributed by atoms with E-state index in [0.717, 1.165) is 22.2 Å². The number of pyridine rings is 1. The van der Waals surface area contributed by atoms with Crippen LogP contribution in [-0.4, -0.2) is 23.8 Å². The Hall–Kier alpha value is -3.41. The molecule has 0 fully saturated rings. The van der Waals surface area contributed by atoms with Gasteiger partial charge >= 0.3 is 0 Å². The maximum absolute atomic E-state index is 10.3. The molecule has 2 aromatic carbocycles. The van der Waals surface area contributed by atoms with Crippen LogP contribution < -0.4 is 15.3 Å². The third-order valence-electron chi connectivity index (χ3n) is 3.27. The minimum absolute atomic E-state index is 0.461. The molecule has 6 nitrogen and oxygen atoms in total. The Morgan fingerprint density at radius 3 is 2.75 bits per heavy atom. The summed E-state index contributed by atoms with van der Waals surface area (Å²) in [5, 5.41) is 15.6. The minimum atomic E-state index is -1.26. The van der Waals surface area contributed by atoms with Gasteiger partial charge in [-0.2, -0.15) is 5.10 Å². The van der Waals surface area contributed by atoms with Gasteiger partial charge < -0.3 is 14.6 Å². The minimum Gasteiger partial charge on any atom is -0.546 e. The van der Waals surface area contributed by atoms with Gasteiger partial charge in [-0.05, 0) is 42.0 Å². The number of hydrazone groups is 1. The van der Waals surface area contributed by atoms with Gasteiger partial charge in [0.15, 0.2) is 0 Å². The first kappa shape index (κ1) is 15.5. The lowest BCUT2D eigenvalue weighted by Gasteiger charge is -2.06. The summed E-state index contributed by atoms with van der Waals surface area (Å²) in [6, 6.07) is 16.6. The summed E-state index contributed by atoms with van der Waals surface area (Å²) < 4.78 is 5.01. The maximum Gasteiger partial charge on any atom is 0.128 e. The lowest BCUT2D eigenvalue weighted by Crippen LogP contribution is -2.28. The summed E-state index contributed by atoms with van der Waals surface area (Å²) in [5.41, 5.74) is 5.49. The molecule has 0 saturated carbocycles. The molecule has 1 aromatic heterocycles. The van der Waals surface area contributed by atoms with Gasteiger partial charge in [-0.3, -0.25) is 10.4 Å². The summed E-state index contributed by atoms with van der Waals surface area (Å²) in [6.45, 7) is -0.469. The van der Waals surface area contributed by atoms with E-state index in [1.54, 1.807) is 36.7 Å². The molecule has 120 valence electrons. The third-order valence-corrected chi connectivity index (χ3v) is 3.27. The number of carboxylic acids is 1. The number of hydrogen-bond donors (Lipinski definition) is 1. The molecular formula is C18H14N3O3-. The molecular weight excluding hydrogens is 306 g/mol. The van der Waals surface area contributed by atoms with Crippen LogP contribution in [0.5, 0.6) is 5.75 Å². The molecule has 0 bridgehead atoms. The molecule has 6 heteroatoms. The van der Waals surface area contributed by atoms with E-state index in [9.17, 15) is 9.90 Å². The standard InChI is InChI=1S/C18H15N3O3/c22-17(23)12-24-15-8-6-13(7-9-15)11-20-21-16-5-1-3-14-4-2-10-19-18(14)16/h1-11,21H,12H2,(H,22,23)/p-1/b20-11-. The fourth-order valence-corrected chi connectivity index (χ4v) is 2.16. The number of anilines is 1. The van der Waals surface area contributed by atoms with Crippen molar-refractivity contribution in [2.45, 2.75) is 0 Å². The summed E-state index contributed by atoms with van der Waals surface area (Å²) in [5.74, 6) is -0.795. The largest absolute Gasteiger partial charge is 0.546 e. The van der Waals surface area contributed by atoms with Crippen LogP contribution in [0.3, 0.4) is 0 Å². The quantitative estimate of drug-likeness (QED) is 0.553. The van der Waals surface area contributed by atoms with E-state index >= 15 is 0 Å². The first-order valence-electron chi connectivity index (χ1n) is 7.28. The second kappa shape index (κ2) is 7.23. The molecule has 24 heavy (non-hydrogen) atoms. The van der Waals surface area contributed by atoms with Crippen molar-refractivity contribution in [1.29, 1.82) is 0 Å². The molecule has 0 amide bonds. The summed E-state index contributed by atoms with van der Waals surface area (Å²) in [7, 11) is 0. The summed E-state index contributed by atoms with van der Waals surface area (Å²) in [4.78, 5) is 14.7. The van der Waals surface area contributed by atoms with E-state index in [0.29, 0.717) is 5.75 Å². The van der Waals surface area contributed by atoms with Crippen LogP contribution in [0.25, 0.3) is 10.9 Å². The second-order valence-corrected chi connectivity index (χ2v) is 4.98. The highest BCUT2D eigenvalue weighted by atomic mass is 16.5. The predicted octanol–water partition coefficient (Wildman–Crippen LogP) is 1.81. The molecule has 3 rings (SSSR count). The summed E-state index contributed by atoms with van der Waals surface area (Å²) in [6.07, 6.45) is 3.40.